The van der Waals surface area contributed by atoms with E-state index in [0.29, 0.717) is 24.7 Å². The molecule has 0 aliphatic rings. The third-order valence-corrected chi connectivity index (χ3v) is 8.25. The number of nitriles is 2. The van der Waals surface area contributed by atoms with Gasteiger partial charge in [0.25, 0.3) is 0 Å². The van der Waals surface area contributed by atoms with Crippen LogP contribution in [-0.4, -0.2) is 24.1 Å². The number of carbonyl (C=O) groups is 2. The van der Waals surface area contributed by atoms with Gasteiger partial charge in [0, 0.05) is 0 Å². The standard InChI is InChI=1S/C32H56N2O4/c1-11-25(12-2)29(31(9,21-33)19-17-23(5)6)37-27(35)15-16-28(36)38-30(26(13-3)14-4)32(10,22-34)20-18-24(7)8/h23-26,29-30H,11-20H2,1-10H3. The van der Waals surface area contributed by atoms with Crippen LogP contribution in [-0.2, 0) is 19.1 Å². The molecule has 0 rings (SSSR count). The molecule has 0 aliphatic heterocycles. The average molecular weight is 533 g/mol. The molecule has 4 atom stereocenters. The van der Waals surface area contributed by atoms with Gasteiger partial charge in [0.2, 0.25) is 0 Å². The number of ether oxygens (including phenoxy) is 2. The van der Waals surface area contributed by atoms with Crippen LogP contribution in [0.25, 0.3) is 0 Å². The van der Waals surface area contributed by atoms with Gasteiger partial charge in [-0.05, 0) is 88.9 Å². The maximum atomic E-state index is 13.0. The lowest BCUT2D eigenvalue weighted by molar-refractivity contribution is -0.165. The molecule has 0 aromatic rings. The van der Waals surface area contributed by atoms with Crippen LogP contribution in [0.2, 0.25) is 0 Å². The van der Waals surface area contributed by atoms with Crippen LogP contribution in [0, 0.1) is 57.2 Å². The van der Waals surface area contributed by atoms with Gasteiger partial charge in [-0.25, -0.2) is 0 Å². The second kappa shape index (κ2) is 17.5. The first-order valence-corrected chi connectivity index (χ1v) is 15.0. The minimum Gasteiger partial charge on any atom is -0.460 e. The topological polar surface area (TPSA) is 100 Å². The number of nitrogens with zero attached hydrogens (tertiary/aromatic N) is 2. The van der Waals surface area contributed by atoms with Crippen LogP contribution in [0.1, 0.15) is 133 Å². The van der Waals surface area contributed by atoms with E-state index in [1.54, 1.807) is 0 Å². The van der Waals surface area contributed by atoms with E-state index in [9.17, 15) is 20.1 Å². The fourth-order valence-electron chi connectivity index (χ4n) is 5.23. The summed E-state index contributed by atoms with van der Waals surface area (Å²) in [5, 5.41) is 20.1. The van der Waals surface area contributed by atoms with Gasteiger partial charge >= 0.3 is 11.9 Å². The van der Waals surface area contributed by atoms with E-state index >= 15 is 0 Å². The Bertz CT molecular complexity index is 722. The molecule has 0 aliphatic carbocycles. The summed E-state index contributed by atoms with van der Waals surface area (Å²) in [6.45, 7) is 20.5. The van der Waals surface area contributed by atoms with E-state index in [1.807, 2.05) is 13.8 Å². The van der Waals surface area contributed by atoms with Crippen molar-refractivity contribution in [2.75, 3.05) is 0 Å². The van der Waals surface area contributed by atoms with E-state index in [4.69, 9.17) is 9.47 Å². The maximum absolute atomic E-state index is 13.0. The maximum Gasteiger partial charge on any atom is 0.306 e. The Hall–Kier alpha value is -2.08. The number of hydrogen-bond donors (Lipinski definition) is 0. The summed E-state index contributed by atoms with van der Waals surface area (Å²) in [5.74, 6) is 0.0633. The highest BCUT2D eigenvalue weighted by Gasteiger charge is 2.43. The van der Waals surface area contributed by atoms with Gasteiger partial charge in [0.1, 0.15) is 12.2 Å². The summed E-state index contributed by atoms with van der Waals surface area (Å²) in [7, 11) is 0. The monoisotopic (exact) mass is 532 g/mol. The summed E-state index contributed by atoms with van der Waals surface area (Å²) in [6.07, 6.45) is 4.98. The van der Waals surface area contributed by atoms with E-state index in [1.165, 1.54) is 0 Å². The molecule has 218 valence electrons. The molecule has 6 heteroatoms. The van der Waals surface area contributed by atoms with E-state index in [0.717, 1.165) is 38.5 Å². The number of esters is 2. The third-order valence-electron chi connectivity index (χ3n) is 8.25. The van der Waals surface area contributed by atoms with Gasteiger partial charge in [-0.2, -0.15) is 10.5 Å². The zero-order valence-electron chi connectivity index (χ0n) is 26.1. The molecule has 0 amide bonds. The Kier molecular flexibility index (Phi) is 16.5. The van der Waals surface area contributed by atoms with Crippen LogP contribution >= 0.6 is 0 Å². The quantitative estimate of drug-likeness (QED) is 0.155. The van der Waals surface area contributed by atoms with Crippen molar-refractivity contribution in [3.63, 3.8) is 0 Å². The van der Waals surface area contributed by atoms with Crippen molar-refractivity contribution in [1.82, 2.24) is 0 Å². The minimum absolute atomic E-state index is 0.0688. The summed E-state index contributed by atoms with van der Waals surface area (Å²) in [5.41, 5.74) is -1.58. The van der Waals surface area contributed by atoms with Crippen molar-refractivity contribution in [2.24, 2.45) is 34.5 Å². The average Bonchev–Trinajstić information content (AvgIpc) is 2.89. The Morgan fingerprint density at radius 2 is 0.947 bits per heavy atom. The van der Waals surface area contributed by atoms with Gasteiger partial charge in [0.15, 0.2) is 0 Å². The Labute approximate surface area is 233 Å². The predicted molar refractivity (Wildman–Crippen MR) is 153 cm³/mol. The highest BCUT2D eigenvalue weighted by molar-refractivity contribution is 5.78. The van der Waals surface area contributed by atoms with Crippen molar-refractivity contribution in [3.8, 4) is 12.1 Å². The normalized spacial score (nSPS) is 16.4. The van der Waals surface area contributed by atoms with Crippen LogP contribution in [0.4, 0.5) is 0 Å². The van der Waals surface area contributed by atoms with Gasteiger partial charge in [-0.15, -0.1) is 0 Å². The lowest BCUT2D eigenvalue weighted by Gasteiger charge is -2.37. The van der Waals surface area contributed by atoms with E-state index < -0.39 is 35.0 Å². The molecule has 0 N–H and O–H groups in total. The fourth-order valence-corrected chi connectivity index (χ4v) is 5.23. The van der Waals surface area contributed by atoms with Crippen molar-refractivity contribution < 1.29 is 19.1 Å². The van der Waals surface area contributed by atoms with Gasteiger partial charge < -0.3 is 9.47 Å². The van der Waals surface area contributed by atoms with Crippen molar-refractivity contribution in [3.05, 3.63) is 0 Å². The highest BCUT2D eigenvalue weighted by atomic mass is 16.6. The van der Waals surface area contributed by atoms with Gasteiger partial charge in [-0.1, -0.05) is 55.4 Å². The second-order valence-corrected chi connectivity index (χ2v) is 12.4. The molecule has 0 spiro atoms. The molecule has 0 saturated carbocycles. The SMILES string of the molecule is CCC(CC)C(OC(=O)CCC(=O)OC(C(CC)CC)C(C)(C#N)CCC(C)C)C(C)(C#N)CCC(C)C. The van der Waals surface area contributed by atoms with Crippen molar-refractivity contribution in [1.29, 1.82) is 10.5 Å². The van der Waals surface area contributed by atoms with Crippen LogP contribution < -0.4 is 0 Å². The molecule has 6 nitrogen and oxygen atoms in total. The molecule has 0 heterocycles. The molecule has 0 radical (unpaired) electrons. The molecule has 0 aromatic carbocycles. The Morgan fingerprint density at radius 3 is 1.16 bits per heavy atom. The molecule has 0 fully saturated rings. The lowest BCUT2D eigenvalue weighted by atomic mass is 9.73. The molecule has 38 heavy (non-hydrogen) atoms. The molecular weight excluding hydrogens is 476 g/mol. The molecule has 4 unspecified atom stereocenters. The predicted octanol–water partition coefficient (Wildman–Crippen LogP) is 8.39. The Balaban J connectivity index is 5.59. The summed E-state index contributed by atoms with van der Waals surface area (Å²) in [6, 6.07) is 4.90. The Morgan fingerprint density at radius 1 is 0.658 bits per heavy atom. The summed E-state index contributed by atoms with van der Waals surface area (Å²) < 4.78 is 11.9. The van der Waals surface area contributed by atoms with Crippen molar-refractivity contribution in [2.45, 2.75) is 146 Å². The fraction of sp³-hybridized carbons (Fsp3) is 0.875. The molecular formula is C32H56N2O4. The van der Waals surface area contributed by atoms with Crippen molar-refractivity contribution >= 4 is 11.9 Å². The van der Waals surface area contributed by atoms with Gasteiger partial charge in [-0.3, -0.25) is 9.59 Å². The summed E-state index contributed by atoms with van der Waals surface area (Å²) >= 11 is 0. The minimum atomic E-state index is -0.789. The van der Waals surface area contributed by atoms with E-state index in [-0.39, 0.29) is 24.7 Å². The zero-order chi connectivity index (χ0) is 29.5. The number of rotatable bonds is 19. The van der Waals surface area contributed by atoms with Gasteiger partial charge in [0.05, 0.1) is 35.8 Å². The first-order valence-electron chi connectivity index (χ1n) is 15.0. The van der Waals surface area contributed by atoms with Crippen LogP contribution in [0.3, 0.4) is 0 Å². The lowest BCUT2D eigenvalue weighted by Crippen LogP contribution is -2.42. The van der Waals surface area contributed by atoms with Crippen LogP contribution in [0.5, 0.6) is 0 Å². The highest BCUT2D eigenvalue weighted by Crippen LogP contribution is 2.39. The molecule has 0 bridgehead atoms. The van der Waals surface area contributed by atoms with E-state index in [2.05, 4.69) is 67.5 Å². The zero-order valence-corrected chi connectivity index (χ0v) is 26.1. The summed E-state index contributed by atoms with van der Waals surface area (Å²) in [4.78, 5) is 25.9. The smallest absolute Gasteiger partial charge is 0.306 e. The third kappa shape index (κ3) is 11.3. The first-order chi connectivity index (χ1) is 17.8. The largest absolute Gasteiger partial charge is 0.460 e. The number of carbonyl (C=O) groups excluding carboxylic acids is 2. The number of hydrogen-bond acceptors (Lipinski definition) is 6. The molecule has 0 saturated heterocycles. The first kappa shape index (κ1) is 35.9. The molecule has 0 aromatic heterocycles. The second-order valence-electron chi connectivity index (χ2n) is 12.4. The van der Waals surface area contributed by atoms with Crippen LogP contribution in [0.15, 0.2) is 0 Å².